The van der Waals surface area contributed by atoms with Crippen molar-refractivity contribution in [1.82, 2.24) is 19.8 Å². The van der Waals surface area contributed by atoms with Crippen LogP contribution in [-0.4, -0.2) is 34.0 Å². The number of hydrogen-bond acceptors (Lipinski definition) is 6. The second-order valence-corrected chi connectivity index (χ2v) is 5.68. The van der Waals surface area contributed by atoms with Gasteiger partial charge in [-0.05, 0) is 30.3 Å². The zero-order valence-electron chi connectivity index (χ0n) is 12.5. The molecule has 3 rings (SSSR count). The number of hydrogen-bond donors (Lipinski definition) is 0. The number of ether oxygens (including phenoxy) is 2. The monoisotopic (exact) mass is 356 g/mol. The highest BCUT2D eigenvalue weighted by Crippen LogP contribution is 2.35. The summed E-state index contributed by atoms with van der Waals surface area (Å²) in [5, 5.41) is 10.9. The molecule has 0 N–H and O–H groups in total. The van der Waals surface area contributed by atoms with Crippen LogP contribution in [-0.2, 0) is 6.18 Å². The molecule has 1 aromatic carbocycles. The largest absolute Gasteiger partial charge is 0.493 e. The number of fused-ring (bicyclic) bond motifs is 1. The van der Waals surface area contributed by atoms with Gasteiger partial charge in [-0.2, -0.15) is 22.8 Å². The van der Waals surface area contributed by atoms with Gasteiger partial charge in [-0.1, -0.05) is 11.8 Å². The van der Waals surface area contributed by atoms with Gasteiger partial charge in [0.1, 0.15) is 5.03 Å². The van der Waals surface area contributed by atoms with Gasteiger partial charge in [-0.3, -0.25) is 0 Å². The lowest BCUT2D eigenvalue weighted by molar-refractivity contribution is -0.146. The molecule has 10 heteroatoms. The van der Waals surface area contributed by atoms with E-state index in [9.17, 15) is 13.2 Å². The Hall–Kier alpha value is -2.49. The maximum Gasteiger partial charge on any atom is 0.453 e. The molecule has 0 atom stereocenters. The highest BCUT2D eigenvalue weighted by Gasteiger charge is 2.37. The van der Waals surface area contributed by atoms with Crippen molar-refractivity contribution < 1.29 is 22.6 Å². The molecule has 0 bridgehead atoms. The van der Waals surface area contributed by atoms with Crippen LogP contribution >= 0.6 is 11.8 Å². The van der Waals surface area contributed by atoms with Crippen molar-refractivity contribution in [3.8, 4) is 11.5 Å². The molecule has 0 aliphatic rings. The van der Waals surface area contributed by atoms with Crippen molar-refractivity contribution in [2.45, 2.75) is 16.1 Å². The van der Waals surface area contributed by atoms with Crippen molar-refractivity contribution in [2.24, 2.45) is 0 Å². The fourth-order valence-electron chi connectivity index (χ4n) is 2.00. The molecule has 3 aromatic rings. The van der Waals surface area contributed by atoms with Gasteiger partial charge in [-0.25, -0.2) is 0 Å². The SMILES string of the molecule is COc1ccc(Sc2ccc3nnc(C(F)(F)F)n3n2)cc1OC. The molecule has 0 spiro atoms. The molecule has 0 aliphatic heterocycles. The van der Waals surface area contributed by atoms with Crippen LogP contribution in [0.2, 0.25) is 0 Å². The van der Waals surface area contributed by atoms with Crippen molar-refractivity contribution >= 4 is 17.4 Å². The van der Waals surface area contributed by atoms with Crippen LogP contribution in [0, 0.1) is 0 Å². The predicted octanol–water partition coefficient (Wildman–Crippen LogP) is 3.31. The first kappa shape index (κ1) is 16.4. The number of alkyl halides is 3. The van der Waals surface area contributed by atoms with E-state index in [0.29, 0.717) is 21.0 Å². The average Bonchev–Trinajstić information content (AvgIpc) is 2.98. The van der Waals surface area contributed by atoms with E-state index in [0.717, 1.165) is 4.90 Å². The fraction of sp³-hybridized carbons (Fsp3) is 0.214. The Morgan fingerprint density at radius 3 is 2.42 bits per heavy atom. The van der Waals surface area contributed by atoms with E-state index >= 15 is 0 Å². The van der Waals surface area contributed by atoms with Gasteiger partial charge >= 0.3 is 6.18 Å². The maximum absolute atomic E-state index is 12.9. The van der Waals surface area contributed by atoms with Gasteiger partial charge in [-0.15, -0.1) is 10.2 Å². The molecule has 0 aliphatic carbocycles. The molecule has 0 radical (unpaired) electrons. The minimum absolute atomic E-state index is 0.0268. The van der Waals surface area contributed by atoms with Crippen LogP contribution in [0.1, 0.15) is 5.82 Å². The zero-order valence-corrected chi connectivity index (χ0v) is 13.4. The molecule has 24 heavy (non-hydrogen) atoms. The average molecular weight is 356 g/mol. The van der Waals surface area contributed by atoms with Crippen LogP contribution in [0.3, 0.4) is 0 Å². The molecule has 126 valence electrons. The Morgan fingerprint density at radius 1 is 1.00 bits per heavy atom. The summed E-state index contributed by atoms with van der Waals surface area (Å²) in [5.41, 5.74) is 0.0268. The van der Waals surface area contributed by atoms with Gasteiger partial charge in [0.15, 0.2) is 17.1 Å². The minimum atomic E-state index is -4.63. The van der Waals surface area contributed by atoms with Crippen molar-refractivity contribution in [1.29, 1.82) is 0 Å². The number of benzene rings is 1. The van der Waals surface area contributed by atoms with E-state index in [4.69, 9.17) is 9.47 Å². The summed E-state index contributed by atoms with van der Waals surface area (Å²) < 4.78 is 49.7. The van der Waals surface area contributed by atoms with Crippen molar-refractivity contribution in [2.75, 3.05) is 14.2 Å². The molecule has 0 fully saturated rings. The lowest BCUT2D eigenvalue weighted by Crippen LogP contribution is -2.12. The van der Waals surface area contributed by atoms with E-state index in [-0.39, 0.29) is 5.65 Å². The first-order valence-electron chi connectivity index (χ1n) is 6.62. The summed E-state index contributed by atoms with van der Waals surface area (Å²) in [6.07, 6.45) is -4.63. The molecular formula is C14H11F3N4O2S. The summed E-state index contributed by atoms with van der Waals surface area (Å²) in [6.45, 7) is 0. The number of nitrogens with zero attached hydrogens (tertiary/aromatic N) is 4. The molecule has 0 saturated heterocycles. The highest BCUT2D eigenvalue weighted by molar-refractivity contribution is 7.99. The van der Waals surface area contributed by atoms with Crippen LogP contribution in [0.5, 0.6) is 11.5 Å². The maximum atomic E-state index is 12.9. The summed E-state index contributed by atoms with van der Waals surface area (Å²) in [5.74, 6) is -0.0838. The highest BCUT2D eigenvalue weighted by atomic mass is 32.2. The normalized spacial score (nSPS) is 11.7. The first-order valence-corrected chi connectivity index (χ1v) is 7.43. The Labute approximate surface area is 138 Å². The van der Waals surface area contributed by atoms with E-state index in [1.165, 1.54) is 32.0 Å². The first-order chi connectivity index (χ1) is 11.4. The second-order valence-electron chi connectivity index (χ2n) is 4.58. The van der Waals surface area contributed by atoms with Crippen molar-refractivity contribution in [3.63, 3.8) is 0 Å². The number of halogens is 3. The van der Waals surface area contributed by atoms with Gasteiger partial charge in [0, 0.05) is 4.90 Å². The van der Waals surface area contributed by atoms with Crippen LogP contribution in [0.15, 0.2) is 40.3 Å². The second kappa shape index (κ2) is 6.19. The third-order valence-electron chi connectivity index (χ3n) is 3.07. The van der Waals surface area contributed by atoms with Crippen LogP contribution < -0.4 is 9.47 Å². The molecule has 2 heterocycles. The summed E-state index contributed by atoms with van der Waals surface area (Å²) in [7, 11) is 3.02. The molecular weight excluding hydrogens is 345 g/mol. The molecule has 0 unspecified atom stereocenters. The molecule has 2 aromatic heterocycles. The van der Waals surface area contributed by atoms with Gasteiger partial charge in [0.25, 0.3) is 5.82 Å². The molecule has 6 nitrogen and oxygen atoms in total. The summed E-state index contributed by atoms with van der Waals surface area (Å²) in [4.78, 5) is 0.737. The van der Waals surface area contributed by atoms with E-state index in [2.05, 4.69) is 15.3 Å². The molecule has 0 saturated carbocycles. The Morgan fingerprint density at radius 2 is 1.75 bits per heavy atom. The number of rotatable bonds is 4. The van der Waals surface area contributed by atoms with E-state index < -0.39 is 12.0 Å². The topological polar surface area (TPSA) is 61.5 Å². The summed E-state index contributed by atoms with van der Waals surface area (Å²) in [6, 6.07) is 8.18. The Bertz CT molecular complexity index is 882. The quantitative estimate of drug-likeness (QED) is 0.715. The van der Waals surface area contributed by atoms with Crippen LogP contribution in [0.4, 0.5) is 13.2 Å². The van der Waals surface area contributed by atoms with E-state index in [1.54, 1.807) is 24.3 Å². The van der Waals surface area contributed by atoms with Gasteiger partial charge in [0.05, 0.1) is 14.2 Å². The lowest BCUT2D eigenvalue weighted by Gasteiger charge is -2.09. The third kappa shape index (κ3) is 3.09. The Balaban J connectivity index is 1.96. The van der Waals surface area contributed by atoms with Gasteiger partial charge < -0.3 is 9.47 Å². The number of aromatic nitrogens is 4. The number of methoxy groups -OCH3 is 2. The summed E-state index contributed by atoms with van der Waals surface area (Å²) >= 11 is 1.18. The van der Waals surface area contributed by atoms with Crippen LogP contribution in [0.25, 0.3) is 5.65 Å². The minimum Gasteiger partial charge on any atom is -0.493 e. The van der Waals surface area contributed by atoms with Gasteiger partial charge in [0.2, 0.25) is 0 Å². The molecule has 0 amide bonds. The zero-order chi connectivity index (χ0) is 17.3. The van der Waals surface area contributed by atoms with E-state index in [1.807, 2.05) is 0 Å². The predicted molar refractivity (Wildman–Crippen MR) is 79.5 cm³/mol. The Kier molecular flexibility index (Phi) is 4.22. The lowest BCUT2D eigenvalue weighted by atomic mass is 10.3. The fourth-order valence-corrected chi connectivity index (χ4v) is 2.81. The standard InChI is InChI=1S/C14H11F3N4O2S/c1-22-9-4-3-8(7-10(9)23-2)24-12-6-5-11-18-19-13(14(15,16)17)21(11)20-12/h3-7H,1-2H3. The third-order valence-corrected chi connectivity index (χ3v) is 3.99. The van der Waals surface area contributed by atoms with Crippen molar-refractivity contribution in [3.05, 3.63) is 36.2 Å². The smallest absolute Gasteiger partial charge is 0.453 e.